The lowest BCUT2D eigenvalue weighted by Crippen LogP contribution is -2.39. The van der Waals surface area contributed by atoms with Gasteiger partial charge in [0.15, 0.2) is 0 Å². The molecule has 2 atom stereocenters. The van der Waals surface area contributed by atoms with Crippen LogP contribution in [0.3, 0.4) is 0 Å². The van der Waals surface area contributed by atoms with E-state index in [1.807, 2.05) is 0 Å². The van der Waals surface area contributed by atoms with Crippen LogP contribution in [-0.4, -0.2) is 12.6 Å². The van der Waals surface area contributed by atoms with E-state index < -0.39 is 0 Å². The van der Waals surface area contributed by atoms with Gasteiger partial charge in [-0.1, -0.05) is 26.7 Å². The fourth-order valence-corrected chi connectivity index (χ4v) is 1.92. The Hall–Kier alpha value is -0.0400. The topological polar surface area (TPSA) is 12.0 Å². The Morgan fingerprint density at radius 2 is 2.27 bits per heavy atom. The predicted molar refractivity (Wildman–Crippen MR) is 49.7 cm³/mol. The second-order valence-corrected chi connectivity index (χ2v) is 3.82. The molecular weight excluding hydrogens is 134 g/mol. The van der Waals surface area contributed by atoms with Gasteiger partial charge >= 0.3 is 0 Å². The van der Waals surface area contributed by atoms with Crippen LogP contribution in [0.1, 0.15) is 46.0 Å². The number of nitrogens with one attached hydrogen (secondary N) is 1. The molecule has 0 aromatic rings. The highest BCUT2D eigenvalue weighted by molar-refractivity contribution is 4.77. The van der Waals surface area contributed by atoms with Crippen LogP contribution in [0, 0.1) is 5.92 Å². The molecule has 0 aromatic heterocycles. The lowest BCUT2D eigenvalue weighted by Gasteiger charge is -2.29. The van der Waals surface area contributed by atoms with Crippen LogP contribution in [0.15, 0.2) is 0 Å². The largest absolute Gasteiger partial charge is 0.314 e. The summed E-state index contributed by atoms with van der Waals surface area (Å²) in [6, 6.07) is 0.823. The van der Waals surface area contributed by atoms with Gasteiger partial charge in [-0.15, -0.1) is 0 Å². The zero-order valence-corrected chi connectivity index (χ0v) is 7.90. The summed E-state index contributed by atoms with van der Waals surface area (Å²) < 4.78 is 0. The average Bonchev–Trinajstić information content (AvgIpc) is 2.03. The molecule has 1 nitrogen and oxygen atoms in total. The van der Waals surface area contributed by atoms with Gasteiger partial charge in [-0.05, 0) is 31.7 Å². The van der Waals surface area contributed by atoms with Gasteiger partial charge in [-0.3, -0.25) is 0 Å². The zero-order valence-electron chi connectivity index (χ0n) is 7.90. The van der Waals surface area contributed by atoms with Crippen molar-refractivity contribution in [1.82, 2.24) is 5.32 Å². The highest BCUT2D eigenvalue weighted by Crippen LogP contribution is 2.19. The van der Waals surface area contributed by atoms with Gasteiger partial charge in [-0.2, -0.15) is 0 Å². The molecule has 0 spiro atoms. The summed E-state index contributed by atoms with van der Waals surface area (Å²) in [5.41, 5.74) is 0. The molecule has 1 N–H and O–H groups in total. The summed E-state index contributed by atoms with van der Waals surface area (Å²) in [4.78, 5) is 0. The van der Waals surface area contributed by atoms with E-state index in [1.165, 1.54) is 38.6 Å². The molecule has 1 fully saturated rings. The number of rotatable bonds is 3. The van der Waals surface area contributed by atoms with E-state index in [1.54, 1.807) is 0 Å². The number of unbranched alkanes of at least 4 members (excludes halogenated alkanes) is 1. The zero-order chi connectivity index (χ0) is 8.10. The molecule has 0 aromatic carbocycles. The van der Waals surface area contributed by atoms with Gasteiger partial charge in [0.2, 0.25) is 0 Å². The molecule has 11 heavy (non-hydrogen) atoms. The SMILES string of the molecule is CCCCC1NCCCC1C. The van der Waals surface area contributed by atoms with E-state index in [4.69, 9.17) is 0 Å². The molecule has 0 aliphatic carbocycles. The van der Waals surface area contributed by atoms with Crippen LogP contribution in [0.5, 0.6) is 0 Å². The first-order valence-corrected chi connectivity index (χ1v) is 5.08. The second-order valence-electron chi connectivity index (χ2n) is 3.82. The normalized spacial score (nSPS) is 32.2. The number of piperidine rings is 1. The Bertz CT molecular complexity index is 101. The van der Waals surface area contributed by atoms with Crippen molar-refractivity contribution in [2.45, 2.75) is 52.0 Å². The van der Waals surface area contributed by atoms with E-state index >= 15 is 0 Å². The quantitative estimate of drug-likeness (QED) is 0.660. The summed E-state index contributed by atoms with van der Waals surface area (Å²) in [5, 5.41) is 3.60. The Labute approximate surface area is 70.6 Å². The summed E-state index contributed by atoms with van der Waals surface area (Å²) in [5.74, 6) is 0.912. The molecule has 66 valence electrons. The summed E-state index contributed by atoms with van der Waals surface area (Å²) in [7, 11) is 0. The second kappa shape index (κ2) is 4.76. The van der Waals surface area contributed by atoms with Crippen molar-refractivity contribution in [3.05, 3.63) is 0 Å². The highest BCUT2D eigenvalue weighted by atomic mass is 14.9. The van der Waals surface area contributed by atoms with Crippen molar-refractivity contribution >= 4 is 0 Å². The fourth-order valence-electron chi connectivity index (χ4n) is 1.92. The van der Waals surface area contributed by atoms with Crippen molar-refractivity contribution in [3.63, 3.8) is 0 Å². The predicted octanol–water partition coefficient (Wildman–Crippen LogP) is 2.56. The minimum absolute atomic E-state index is 0.823. The van der Waals surface area contributed by atoms with E-state index in [2.05, 4.69) is 19.2 Å². The minimum atomic E-state index is 0.823. The molecular formula is C10H21N. The first-order chi connectivity index (χ1) is 5.34. The molecule has 1 aliphatic rings. The third-order valence-electron chi connectivity index (χ3n) is 2.80. The van der Waals surface area contributed by atoms with Crippen molar-refractivity contribution < 1.29 is 0 Å². The van der Waals surface area contributed by atoms with E-state index in [-0.39, 0.29) is 0 Å². The summed E-state index contributed by atoms with van der Waals surface area (Å²) in [6.45, 7) is 5.90. The maximum absolute atomic E-state index is 3.60. The maximum atomic E-state index is 3.60. The molecule has 1 aliphatic heterocycles. The molecule has 2 unspecified atom stereocenters. The van der Waals surface area contributed by atoms with Crippen molar-refractivity contribution in [2.75, 3.05) is 6.54 Å². The van der Waals surface area contributed by atoms with Crippen molar-refractivity contribution in [1.29, 1.82) is 0 Å². The minimum Gasteiger partial charge on any atom is -0.314 e. The Morgan fingerprint density at radius 1 is 1.45 bits per heavy atom. The maximum Gasteiger partial charge on any atom is 0.00926 e. The number of hydrogen-bond acceptors (Lipinski definition) is 1. The molecule has 0 amide bonds. The van der Waals surface area contributed by atoms with Gasteiger partial charge < -0.3 is 5.32 Å². The van der Waals surface area contributed by atoms with E-state index in [0.29, 0.717) is 0 Å². The van der Waals surface area contributed by atoms with Crippen LogP contribution < -0.4 is 5.32 Å². The standard InChI is InChI=1S/C10H21N/c1-3-4-7-10-9(2)6-5-8-11-10/h9-11H,3-8H2,1-2H3. The summed E-state index contributed by atoms with van der Waals surface area (Å²) >= 11 is 0. The van der Waals surface area contributed by atoms with Gasteiger partial charge in [0.25, 0.3) is 0 Å². The fraction of sp³-hybridized carbons (Fsp3) is 1.00. The average molecular weight is 155 g/mol. The van der Waals surface area contributed by atoms with Gasteiger partial charge in [0, 0.05) is 6.04 Å². The van der Waals surface area contributed by atoms with Crippen LogP contribution in [0.4, 0.5) is 0 Å². The Kier molecular flexibility index (Phi) is 3.92. The van der Waals surface area contributed by atoms with E-state index in [9.17, 15) is 0 Å². The van der Waals surface area contributed by atoms with Crippen molar-refractivity contribution in [2.24, 2.45) is 5.92 Å². The third-order valence-corrected chi connectivity index (χ3v) is 2.80. The first-order valence-electron chi connectivity index (χ1n) is 5.08. The third kappa shape index (κ3) is 2.82. The van der Waals surface area contributed by atoms with Gasteiger partial charge in [0.1, 0.15) is 0 Å². The Balaban J connectivity index is 2.18. The molecule has 0 saturated carbocycles. The lowest BCUT2D eigenvalue weighted by molar-refractivity contribution is 0.282. The Morgan fingerprint density at radius 3 is 2.91 bits per heavy atom. The molecule has 1 heterocycles. The van der Waals surface area contributed by atoms with Crippen LogP contribution in [0.2, 0.25) is 0 Å². The van der Waals surface area contributed by atoms with Crippen LogP contribution in [0.25, 0.3) is 0 Å². The molecule has 1 heteroatoms. The monoisotopic (exact) mass is 155 g/mol. The van der Waals surface area contributed by atoms with Gasteiger partial charge in [0.05, 0.1) is 0 Å². The molecule has 0 bridgehead atoms. The van der Waals surface area contributed by atoms with Gasteiger partial charge in [-0.25, -0.2) is 0 Å². The van der Waals surface area contributed by atoms with Crippen LogP contribution in [-0.2, 0) is 0 Å². The highest BCUT2D eigenvalue weighted by Gasteiger charge is 2.19. The number of hydrogen-bond donors (Lipinski definition) is 1. The molecule has 0 radical (unpaired) electrons. The molecule has 1 rings (SSSR count). The molecule has 1 saturated heterocycles. The smallest absolute Gasteiger partial charge is 0.00926 e. The first kappa shape index (κ1) is 9.05. The lowest BCUT2D eigenvalue weighted by atomic mass is 9.89. The summed E-state index contributed by atoms with van der Waals surface area (Å²) in [6.07, 6.45) is 6.93. The van der Waals surface area contributed by atoms with E-state index in [0.717, 1.165) is 12.0 Å². The van der Waals surface area contributed by atoms with Crippen LogP contribution >= 0.6 is 0 Å². The van der Waals surface area contributed by atoms with Crippen molar-refractivity contribution in [3.8, 4) is 0 Å².